The van der Waals surface area contributed by atoms with Crippen LogP contribution in [0.25, 0.3) is 0 Å². The van der Waals surface area contributed by atoms with Crippen LogP contribution in [0.5, 0.6) is 0 Å². The third-order valence-electron chi connectivity index (χ3n) is 2.47. The molecule has 0 aromatic rings. The molecule has 0 atom stereocenters. The molecule has 0 aliphatic rings. The molecule has 0 N–H and O–H groups in total. The number of hydrogen-bond donors (Lipinski definition) is 0. The fourth-order valence-electron chi connectivity index (χ4n) is 1.15. The first kappa shape index (κ1) is 15.2. The van der Waals surface area contributed by atoms with E-state index in [1.807, 2.05) is 19.9 Å². The van der Waals surface area contributed by atoms with Crippen LogP contribution >= 0.6 is 0 Å². The predicted molar refractivity (Wildman–Crippen MR) is 72.7 cm³/mol. The van der Waals surface area contributed by atoms with E-state index in [-0.39, 0.29) is 5.60 Å². The number of rotatable bonds is 7. The van der Waals surface area contributed by atoms with E-state index < -0.39 is 0 Å². The lowest BCUT2D eigenvalue weighted by atomic mass is 10.1. The normalized spacial score (nSPS) is 12.4. The molecule has 0 saturated carbocycles. The molecule has 0 radical (unpaired) electrons. The molecule has 0 rings (SSSR count). The van der Waals surface area contributed by atoms with Gasteiger partial charge in [-0.2, -0.15) is 0 Å². The Morgan fingerprint density at radius 3 is 2.31 bits per heavy atom. The Hall–Kier alpha value is -0.820. The number of allylic oxidation sites excluding steroid dienone is 3. The summed E-state index contributed by atoms with van der Waals surface area (Å²) in [6.07, 6.45) is 8.49. The van der Waals surface area contributed by atoms with Crippen molar-refractivity contribution in [2.45, 2.75) is 53.1 Å². The molecule has 0 aromatic carbocycles. The molecule has 0 unspecified atom stereocenters. The molecule has 0 heterocycles. The quantitative estimate of drug-likeness (QED) is 0.569. The third kappa shape index (κ3) is 8.49. The lowest BCUT2D eigenvalue weighted by Gasteiger charge is -2.19. The summed E-state index contributed by atoms with van der Waals surface area (Å²) in [6, 6.07) is 0. The minimum atomic E-state index is -0.226. The summed E-state index contributed by atoms with van der Waals surface area (Å²) < 4.78 is 5.67. The second-order valence-corrected chi connectivity index (χ2v) is 4.99. The van der Waals surface area contributed by atoms with Gasteiger partial charge < -0.3 is 4.74 Å². The van der Waals surface area contributed by atoms with Crippen LogP contribution in [0.15, 0.2) is 36.0 Å². The van der Waals surface area contributed by atoms with E-state index >= 15 is 0 Å². The van der Waals surface area contributed by atoms with Gasteiger partial charge in [0.1, 0.15) is 0 Å². The van der Waals surface area contributed by atoms with Crippen molar-refractivity contribution in [1.82, 2.24) is 0 Å². The highest BCUT2D eigenvalue weighted by Crippen LogP contribution is 2.11. The van der Waals surface area contributed by atoms with Crippen molar-refractivity contribution in [2.24, 2.45) is 0 Å². The fraction of sp³-hybridized carbons (Fsp3) is 0.600. The monoisotopic (exact) mass is 222 g/mol. The van der Waals surface area contributed by atoms with Crippen LogP contribution in [0.1, 0.15) is 47.5 Å². The van der Waals surface area contributed by atoms with Crippen LogP contribution in [-0.2, 0) is 4.74 Å². The summed E-state index contributed by atoms with van der Waals surface area (Å²) in [4.78, 5) is 0. The summed E-state index contributed by atoms with van der Waals surface area (Å²) in [6.45, 7) is 14.9. The highest BCUT2D eigenvalue weighted by Gasteiger charge is 2.11. The second kappa shape index (κ2) is 7.45. The van der Waals surface area contributed by atoms with Gasteiger partial charge in [0, 0.05) is 0 Å². The Balaban J connectivity index is 3.88. The van der Waals surface area contributed by atoms with Crippen molar-refractivity contribution < 1.29 is 4.74 Å². The Bertz CT molecular complexity index is 265. The van der Waals surface area contributed by atoms with E-state index in [0.717, 1.165) is 12.8 Å². The maximum Gasteiger partial charge on any atom is 0.0808 e. The summed E-state index contributed by atoms with van der Waals surface area (Å²) in [5.74, 6) is 0. The Morgan fingerprint density at radius 2 is 1.81 bits per heavy atom. The maximum atomic E-state index is 5.67. The summed E-state index contributed by atoms with van der Waals surface area (Å²) in [7, 11) is 0. The van der Waals surface area contributed by atoms with Crippen LogP contribution in [0.2, 0.25) is 0 Å². The second-order valence-electron chi connectivity index (χ2n) is 4.99. The molecule has 0 fully saturated rings. The first-order valence-corrected chi connectivity index (χ1v) is 5.94. The van der Waals surface area contributed by atoms with E-state index in [9.17, 15) is 0 Å². The third-order valence-corrected chi connectivity index (χ3v) is 2.47. The lowest BCUT2D eigenvalue weighted by Crippen LogP contribution is -2.20. The van der Waals surface area contributed by atoms with E-state index in [0.29, 0.717) is 6.61 Å². The van der Waals surface area contributed by atoms with Crippen LogP contribution in [0.4, 0.5) is 0 Å². The molecule has 92 valence electrons. The van der Waals surface area contributed by atoms with Crippen molar-refractivity contribution in [2.75, 3.05) is 6.61 Å². The van der Waals surface area contributed by atoms with Gasteiger partial charge in [0.15, 0.2) is 0 Å². The SMILES string of the molecule is C=CC(C)(C)OCC=C(C)CCC=C(C)C. The van der Waals surface area contributed by atoms with Gasteiger partial charge in [-0.25, -0.2) is 0 Å². The Labute approximate surface area is 101 Å². The summed E-state index contributed by atoms with van der Waals surface area (Å²) in [5, 5.41) is 0. The first-order valence-electron chi connectivity index (χ1n) is 5.94. The van der Waals surface area contributed by atoms with E-state index in [2.05, 4.69) is 39.5 Å². The van der Waals surface area contributed by atoms with Crippen LogP contribution in [0.3, 0.4) is 0 Å². The van der Waals surface area contributed by atoms with Gasteiger partial charge in [0.2, 0.25) is 0 Å². The Morgan fingerprint density at radius 1 is 1.19 bits per heavy atom. The molecule has 0 saturated heterocycles. The summed E-state index contributed by atoms with van der Waals surface area (Å²) >= 11 is 0. The molecule has 16 heavy (non-hydrogen) atoms. The van der Waals surface area contributed by atoms with Crippen molar-refractivity contribution in [3.8, 4) is 0 Å². The zero-order valence-corrected chi connectivity index (χ0v) is 11.5. The Kier molecular flexibility index (Phi) is 7.07. The van der Waals surface area contributed by atoms with Gasteiger partial charge in [-0.3, -0.25) is 0 Å². The molecule has 0 aliphatic carbocycles. The van der Waals surface area contributed by atoms with E-state index in [1.54, 1.807) is 0 Å². The van der Waals surface area contributed by atoms with E-state index in [4.69, 9.17) is 4.74 Å². The minimum absolute atomic E-state index is 0.226. The number of ether oxygens (including phenoxy) is 1. The molecule has 1 nitrogen and oxygen atoms in total. The predicted octanol–water partition coefficient (Wildman–Crippen LogP) is 4.66. The van der Waals surface area contributed by atoms with Gasteiger partial charge in [-0.1, -0.05) is 29.4 Å². The van der Waals surface area contributed by atoms with Crippen molar-refractivity contribution in [3.63, 3.8) is 0 Å². The zero-order valence-electron chi connectivity index (χ0n) is 11.5. The van der Waals surface area contributed by atoms with Crippen molar-refractivity contribution in [1.29, 1.82) is 0 Å². The van der Waals surface area contributed by atoms with Gasteiger partial charge >= 0.3 is 0 Å². The minimum Gasteiger partial charge on any atom is -0.367 e. The van der Waals surface area contributed by atoms with Gasteiger partial charge in [0.25, 0.3) is 0 Å². The van der Waals surface area contributed by atoms with Gasteiger partial charge in [0.05, 0.1) is 12.2 Å². The largest absolute Gasteiger partial charge is 0.367 e. The molecular weight excluding hydrogens is 196 g/mol. The topological polar surface area (TPSA) is 9.23 Å². The van der Waals surface area contributed by atoms with Crippen LogP contribution in [-0.4, -0.2) is 12.2 Å². The fourth-order valence-corrected chi connectivity index (χ4v) is 1.15. The highest BCUT2D eigenvalue weighted by atomic mass is 16.5. The molecular formula is C15H26O. The molecule has 0 bridgehead atoms. The molecule has 0 spiro atoms. The van der Waals surface area contributed by atoms with Crippen molar-refractivity contribution >= 4 is 0 Å². The lowest BCUT2D eigenvalue weighted by molar-refractivity contribution is 0.0389. The van der Waals surface area contributed by atoms with Gasteiger partial charge in [-0.15, -0.1) is 6.58 Å². The van der Waals surface area contributed by atoms with Gasteiger partial charge in [-0.05, 0) is 47.5 Å². The van der Waals surface area contributed by atoms with Crippen molar-refractivity contribution in [3.05, 3.63) is 36.0 Å². The van der Waals surface area contributed by atoms with Crippen LogP contribution < -0.4 is 0 Å². The summed E-state index contributed by atoms with van der Waals surface area (Å²) in [5.41, 5.74) is 2.55. The molecule has 0 aromatic heterocycles. The zero-order chi connectivity index (χ0) is 12.6. The molecule has 0 amide bonds. The highest BCUT2D eigenvalue weighted by molar-refractivity contribution is 5.02. The average Bonchev–Trinajstić information content (AvgIpc) is 2.17. The van der Waals surface area contributed by atoms with Crippen LogP contribution in [0, 0.1) is 0 Å². The number of hydrogen-bond acceptors (Lipinski definition) is 1. The maximum absolute atomic E-state index is 5.67. The van der Waals surface area contributed by atoms with E-state index in [1.165, 1.54) is 11.1 Å². The smallest absolute Gasteiger partial charge is 0.0808 e. The first-order chi connectivity index (χ1) is 7.37. The molecule has 0 aliphatic heterocycles. The standard InChI is InChI=1S/C15H26O/c1-7-15(5,6)16-12-11-14(4)10-8-9-13(2)3/h7,9,11H,1,8,10,12H2,2-6H3. The average molecular weight is 222 g/mol. The molecule has 1 heteroatoms.